The topological polar surface area (TPSA) is 49.3 Å². The third-order valence-corrected chi connectivity index (χ3v) is 9.80. The van der Waals surface area contributed by atoms with Crippen LogP contribution in [0.5, 0.6) is 0 Å². The summed E-state index contributed by atoms with van der Waals surface area (Å²) in [5, 5.41) is 12.5. The molecule has 51 heavy (non-hydrogen) atoms. The summed E-state index contributed by atoms with van der Waals surface area (Å²) >= 11 is 0. The van der Waals surface area contributed by atoms with E-state index >= 15 is 0 Å². The Hall–Kier alpha value is -6.36. The molecule has 7 aromatic carbocycles. The van der Waals surface area contributed by atoms with Gasteiger partial charge in [-0.1, -0.05) is 140 Å². The number of aromatic nitrogens is 1. The number of aryl methyl sites for hydroxylation is 1. The smallest absolute Gasteiger partial charge is 0.131 e. The number of rotatable bonds is 6. The van der Waals surface area contributed by atoms with Gasteiger partial charge in [0.1, 0.15) is 18.2 Å². The zero-order valence-electron chi connectivity index (χ0n) is 28.3. The van der Waals surface area contributed by atoms with E-state index in [1.54, 1.807) is 0 Å². The van der Waals surface area contributed by atoms with Crippen LogP contribution in [0.1, 0.15) is 34.7 Å². The molecule has 0 fully saturated rings. The fourth-order valence-corrected chi connectivity index (χ4v) is 7.25. The number of fused-ring (bicyclic) bond motifs is 3. The summed E-state index contributed by atoms with van der Waals surface area (Å²) < 4.78 is 0. The van der Waals surface area contributed by atoms with Crippen LogP contribution >= 0.6 is 0 Å². The second-order valence-corrected chi connectivity index (χ2v) is 13.2. The van der Waals surface area contributed by atoms with Gasteiger partial charge >= 0.3 is 0 Å². The average molecular weight is 657 g/mol. The van der Waals surface area contributed by atoms with E-state index < -0.39 is 0 Å². The monoisotopic (exact) mass is 656 g/mol. The number of benzene rings is 7. The van der Waals surface area contributed by atoms with Crippen LogP contribution in [0.15, 0.2) is 181 Å². The molecule has 2 unspecified atom stereocenters. The van der Waals surface area contributed by atoms with Crippen molar-refractivity contribution < 1.29 is 0 Å². The van der Waals surface area contributed by atoms with Gasteiger partial charge in [0, 0.05) is 16.8 Å². The molecule has 0 radical (unpaired) electrons. The van der Waals surface area contributed by atoms with Crippen molar-refractivity contribution in [2.24, 2.45) is 4.99 Å². The van der Waals surface area contributed by atoms with E-state index in [4.69, 9.17) is 9.98 Å². The van der Waals surface area contributed by atoms with Crippen LogP contribution in [0.25, 0.3) is 55.1 Å². The summed E-state index contributed by atoms with van der Waals surface area (Å²) in [5.41, 5.74) is 11.0. The maximum Gasteiger partial charge on any atom is 0.131 e. The summed E-state index contributed by atoms with van der Waals surface area (Å²) in [6, 6.07) is 62.6. The molecule has 1 aromatic heterocycles. The van der Waals surface area contributed by atoms with Crippen LogP contribution in [0.3, 0.4) is 0 Å². The maximum atomic E-state index is 5.33. The Kier molecular flexibility index (Phi) is 7.92. The standard InChI is InChI=1S/C47H36N4/c1-31-13-12-22-44(48-31)33-25-23-32(24-26-33)37-27-38(43-30-36-18-8-9-19-40(36)41-20-10-11-21-42(41)43)29-39(28-37)47-50-45(34-14-4-2-5-15-34)49-46(51-47)35-16-6-3-7-17-35/h2-30,45-46,49H,1H3,(H,50,51). The molecule has 0 saturated heterocycles. The number of hydrogen-bond acceptors (Lipinski definition) is 4. The van der Waals surface area contributed by atoms with Crippen LogP contribution in [0, 0.1) is 6.92 Å². The predicted octanol–water partition coefficient (Wildman–Crippen LogP) is 11.0. The van der Waals surface area contributed by atoms with Crippen molar-refractivity contribution in [3.8, 4) is 33.5 Å². The predicted molar refractivity (Wildman–Crippen MR) is 211 cm³/mol. The van der Waals surface area contributed by atoms with Crippen molar-refractivity contribution in [1.29, 1.82) is 0 Å². The summed E-state index contributed by atoms with van der Waals surface area (Å²) in [4.78, 5) is 10.1. The van der Waals surface area contributed by atoms with Crippen molar-refractivity contribution in [2.75, 3.05) is 0 Å². The molecule has 8 aromatic rings. The number of nitrogens with one attached hydrogen (secondary N) is 2. The summed E-state index contributed by atoms with van der Waals surface area (Å²) in [6.07, 6.45) is -0.346. The number of nitrogens with zero attached hydrogens (tertiary/aromatic N) is 2. The van der Waals surface area contributed by atoms with Crippen LogP contribution in [0.4, 0.5) is 0 Å². The molecular formula is C47H36N4. The van der Waals surface area contributed by atoms with Crippen molar-refractivity contribution in [1.82, 2.24) is 15.6 Å². The van der Waals surface area contributed by atoms with Gasteiger partial charge in [-0.3, -0.25) is 10.3 Å². The highest BCUT2D eigenvalue weighted by Gasteiger charge is 2.26. The van der Waals surface area contributed by atoms with E-state index in [1.807, 2.05) is 19.1 Å². The van der Waals surface area contributed by atoms with Crippen molar-refractivity contribution in [3.63, 3.8) is 0 Å². The van der Waals surface area contributed by atoms with Gasteiger partial charge in [0.05, 0.1) is 5.69 Å². The quantitative estimate of drug-likeness (QED) is 0.175. The number of aliphatic imine (C=N–C) groups is 1. The first kappa shape index (κ1) is 30.7. The summed E-state index contributed by atoms with van der Waals surface area (Å²) in [6.45, 7) is 2.03. The van der Waals surface area contributed by atoms with Gasteiger partial charge in [-0.2, -0.15) is 0 Å². The lowest BCUT2D eigenvalue weighted by Gasteiger charge is -2.32. The van der Waals surface area contributed by atoms with E-state index in [0.717, 1.165) is 56.2 Å². The Labute approximate surface area is 298 Å². The first-order valence-corrected chi connectivity index (χ1v) is 17.5. The fraction of sp³-hybridized carbons (Fsp3) is 0.0638. The molecule has 4 nitrogen and oxygen atoms in total. The molecule has 1 aliphatic heterocycles. The Morgan fingerprint density at radius 1 is 0.471 bits per heavy atom. The van der Waals surface area contributed by atoms with Crippen molar-refractivity contribution in [3.05, 3.63) is 198 Å². The van der Waals surface area contributed by atoms with Gasteiger partial charge in [-0.25, -0.2) is 4.99 Å². The van der Waals surface area contributed by atoms with Gasteiger partial charge in [-0.15, -0.1) is 0 Å². The van der Waals surface area contributed by atoms with Crippen LogP contribution in [0.2, 0.25) is 0 Å². The molecule has 244 valence electrons. The zero-order chi connectivity index (χ0) is 34.1. The molecule has 0 bridgehead atoms. The first-order valence-electron chi connectivity index (χ1n) is 17.5. The molecule has 0 amide bonds. The van der Waals surface area contributed by atoms with Crippen LogP contribution < -0.4 is 10.6 Å². The molecule has 1 aliphatic rings. The highest BCUT2D eigenvalue weighted by molar-refractivity contribution is 6.14. The van der Waals surface area contributed by atoms with Crippen LogP contribution in [-0.2, 0) is 0 Å². The van der Waals surface area contributed by atoms with E-state index in [0.29, 0.717) is 0 Å². The minimum atomic E-state index is -0.220. The van der Waals surface area contributed by atoms with E-state index in [2.05, 4.69) is 174 Å². The van der Waals surface area contributed by atoms with Gasteiger partial charge in [0.15, 0.2) is 0 Å². The summed E-state index contributed by atoms with van der Waals surface area (Å²) in [5.74, 6) is 0.852. The highest BCUT2D eigenvalue weighted by atomic mass is 15.3. The molecule has 0 spiro atoms. The molecule has 4 heteroatoms. The van der Waals surface area contributed by atoms with E-state index in [-0.39, 0.29) is 12.3 Å². The lowest BCUT2D eigenvalue weighted by molar-refractivity contribution is 0.409. The SMILES string of the molecule is Cc1cccc(-c2ccc(-c3cc(C4=NC(c5ccccc5)NC(c5ccccc5)N4)cc(-c4cc5ccccc5c5ccccc45)c3)cc2)n1. The van der Waals surface area contributed by atoms with Gasteiger partial charge in [-0.05, 0) is 98.2 Å². The maximum absolute atomic E-state index is 5.33. The van der Waals surface area contributed by atoms with Crippen molar-refractivity contribution >= 4 is 27.4 Å². The molecule has 2 atom stereocenters. The normalized spacial score (nSPS) is 15.7. The summed E-state index contributed by atoms with van der Waals surface area (Å²) in [7, 11) is 0. The molecule has 2 heterocycles. The van der Waals surface area contributed by atoms with Crippen LogP contribution in [-0.4, -0.2) is 10.8 Å². The molecule has 9 rings (SSSR count). The highest BCUT2D eigenvalue weighted by Crippen LogP contribution is 2.38. The minimum Gasteiger partial charge on any atom is -0.350 e. The fourth-order valence-electron chi connectivity index (χ4n) is 7.25. The van der Waals surface area contributed by atoms with Gasteiger partial charge < -0.3 is 5.32 Å². The molecule has 0 aliphatic carbocycles. The number of amidine groups is 1. The number of hydrogen-bond donors (Lipinski definition) is 2. The Morgan fingerprint density at radius 3 is 1.86 bits per heavy atom. The third kappa shape index (κ3) is 6.07. The first-order chi connectivity index (χ1) is 25.2. The van der Waals surface area contributed by atoms with Gasteiger partial charge in [0.25, 0.3) is 0 Å². The largest absolute Gasteiger partial charge is 0.350 e. The average Bonchev–Trinajstić information content (AvgIpc) is 3.21. The molecular weight excluding hydrogens is 621 g/mol. The van der Waals surface area contributed by atoms with Crippen molar-refractivity contribution in [2.45, 2.75) is 19.3 Å². The second kappa shape index (κ2) is 13.2. The Morgan fingerprint density at radius 2 is 1.10 bits per heavy atom. The lowest BCUT2D eigenvalue weighted by atomic mass is 9.90. The van der Waals surface area contributed by atoms with E-state index in [1.165, 1.54) is 27.1 Å². The number of pyridine rings is 1. The Balaban J connectivity index is 1.23. The van der Waals surface area contributed by atoms with Gasteiger partial charge in [0.2, 0.25) is 0 Å². The molecule has 0 saturated carbocycles. The lowest BCUT2D eigenvalue weighted by Crippen LogP contribution is -2.44. The Bertz CT molecular complexity index is 2540. The zero-order valence-corrected chi connectivity index (χ0v) is 28.3. The minimum absolute atomic E-state index is 0.126. The third-order valence-electron chi connectivity index (χ3n) is 9.80. The second-order valence-electron chi connectivity index (χ2n) is 13.2. The van der Waals surface area contributed by atoms with E-state index in [9.17, 15) is 0 Å². The molecule has 2 N–H and O–H groups in total.